The SMILES string of the molecule is O=C(O)CNc1c[c]ccn1. The summed E-state index contributed by atoms with van der Waals surface area (Å²) < 4.78 is 0. The number of carbonyl (C=O) groups is 1. The van der Waals surface area contributed by atoms with Crippen LogP contribution < -0.4 is 5.32 Å². The summed E-state index contributed by atoms with van der Waals surface area (Å²) in [7, 11) is 0. The molecule has 0 spiro atoms. The van der Waals surface area contributed by atoms with Crippen molar-refractivity contribution in [3.8, 4) is 0 Å². The predicted octanol–water partition coefficient (Wildman–Crippen LogP) is 0.378. The van der Waals surface area contributed by atoms with Gasteiger partial charge in [0.25, 0.3) is 0 Å². The van der Waals surface area contributed by atoms with Crippen molar-refractivity contribution in [1.29, 1.82) is 0 Å². The van der Waals surface area contributed by atoms with Crippen molar-refractivity contribution in [3.05, 3.63) is 24.4 Å². The van der Waals surface area contributed by atoms with Gasteiger partial charge in [-0.25, -0.2) is 4.98 Å². The summed E-state index contributed by atoms with van der Waals surface area (Å²) in [5.74, 6) is -0.384. The summed E-state index contributed by atoms with van der Waals surface area (Å²) in [5.41, 5.74) is 0. The van der Waals surface area contributed by atoms with Gasteiger partial charge in [-0.3, -0.25) is 4.79 Å². The summed E-state index contributed by atoms with van der Waals surface area (Å²) in [6.45, 7) is -0.120. The standard InChI is InChI=1S/C7H7N2O2/c10-7(11)5-9-6-3-1-2-4-8-6/h2-4H,5H2,(H,8,9)(H,10,11). The van der Waals surface area contributed by atoms with E-state index in [9.17, 15) is 4.79 Å². The molecule has 2 N–H and O–H groups in total. The molecule has 1 aromatic heterocycles. The smallest absolute Gasteiger partial charge is 0.322 e. The molecule has 57 valence electrons. The largest absolute Gasteiger partial charge is 0.480 e. The molecule has 1 rings (SSSR count). The maximum atomic E-state index is 10.1. The van der Waals surface area contributed by atoms with Gasteiger partial charge in [0.05, 0.1) is 0 Å². The number of aliphatic carboxylic acids is 1. The number of carboxylic acid groups (broad SMARTS) is 1. The molecule has 0 saturated carbocycles. The third kappa shape index (κ3) is 2.66. The fourth-order valence-electron chi connectivity index (χ4n) is 0.588. The van der Waals surface area contributed by atoms with Crippen LogP contribution in [0.5, 0.6) is 0 Å². The zero-order valence-corrected chi connectivity index (χ0v) is 5.74. The fourth-order valence-corrected chi connectivity index (χ4v) is 0.588. The molecule has 0 unspecified atom stereocenters. The van der Waals surface area contributed by atoms with Crippen LogP contribution in [0.25, 0.3) is 0 Å². The molecular weight excluding hydrogens is 144 g/mol. The zero-order valence-electron chi connectivity index (χ0n) is 5.74. The number of anilines is 1. The number of nitrogens with zero attached hydrogens (tertiary/aromatic N) is 1. The van der Waals surface area contributed by atoms with Crippen LogP contribution in [0.15, 0.2) is 18.3 Å². The van der Waals surface area contributed by atoms with Crippen molar-refractivity contribution in [1.82, 2.24) is 4.98 Å². The number of hydrogen-bond donors (Lipinski definition) is 2. The van der Waals surface area contributed by atoms with E-state index < -0.39 is 5.97 Å². The van der Waals surface area contributed by atoms with E-state index in [-0.39, 0.29) is 6.54 Å². The van der Waals surface area contributed by atoms with Crippen LogP contribution in [0.2, 0.25) is 0 Å². The highest BCUT2D eigenvalue weighted by atomic mass is 16.4. The number of pyridine rings is 1. The normalized spacial score (nSPS) is 9.09. The topological polar surface area (TPSA) is 62.2 Å². The summed E-state index contributed by atoms with van der Waals surface area (Å²) in [6, 6.07) is 6.00. The number of rotatable bonds is 3. The van der Waals surface area contributed by atoms with Crippen LogP contribution in [0, 0.1) is 6.07 Å². The van der Waals surface area contributed by atoms with E-state index in [1.807, 2.05) is 0 Å². The monoisotopic (exact) mass is 151 g/mol. The summed E-state index contributed by atoms with van der Waals surface area (Å²) >= 11 is 0. The minimum atomic E-state index is -0.907. The van der Waals surface area contributed by atoms with Gasteiger partial charge in [0.15, 0.2) is 0 Å². The van der Waals surface area contributed by atoms with Crippen LogP contribution in [-0.4, -0.2) is 22.6 Å². The first-order valence-corrected chi connectivity index (χ1v) is 3.07. The van der Waals surface area contributed by atoms with Crippen LogP contribution in [0.4, 0.5) is 5.82 Å². The molecule has 1 heterocycles. The Balaban J connectivity index is 2.45. The number of aromatic nitrogens is 1. The Bertz CT molecular complexity index is 235. The van der Waals surface area contributed by atoms with E-state index in [0.29, 0.717) is 5.82 Å². The molecule has 11 heavy (non-hydrogen) atoms. The number of nitrogens with one attached hydrogen (secondary N) is 1. The van der Waals surface area contributed by atoms with Crippen molar-refractivity contribution in [2.45, 2.75) is 0 Å². The Kier molecular flexibility index (Phi) is 2.43. The van der Waals surface area contributed by atoms with Crippen molar-refractivity contribution in [2.24, 2.45) is 0 Å². The van der Waals surface area contributed by atoms with Gasteiger partial charge >= 0.3 is 5.97 Å². The summed E-state index contributed by atoms with van der Waals surface area (Å²) in [5, 5.41) is 10.9. The first-order valence-electron chi connectivity index (χ1n) is 3.07. The average Bonchev–Trinajstić information content (AvgIpc) is 2.03. The molecule has 0 fully saturated rings. The first kappa shape index (κ1) is 7.53. The Morgan fingerprint density at radius 1 is 1.82 bits per heavy atom. The molecule has 0 aliphatic carbocycles. The van der Waals surface area contributed by atoms with Gasteiger partial charge in [-0.2, -0.15) is 0 Å². The highest BCUT2D eigenvalue weighted by molar-refractivity contribution is 5.72. The molecule has 0 amide bonds. The Labute approximate surface area is 63.9 Å². The molecule has 0 aliphatic heterocycles. The minimum Gasteiger partial charge on any atom is -0.480 e. The van der Waals surface area contributed by atoms with Gasteiger partial charge in [0.1, 0.15) is 12.4 Å². The van der Waals surface area contributed by atoms with E-state index in [0.717, 1.165) is 0 Å². The molecule has 1 radical (unpaired) electrons. The Morgan fingerprint density at radius 3 is 3.18 bits per heavy atom. The molecule has 0 aromatic carbocycles. The molecule has 0 aliphatic rings. The van der Waals surface area contributed by atoms with Gasteiger partial charge in [0, 0.05) is 6.20 Å². The zero-order chi connectivity index (χ0) is 8.10. The highest BCUT2D eigenvalue weighted by Crippen LogP contribution is 1.96. The summed E-state index contributed by atoms with van der Waals surface area (Å²) in [4.78, 5) is 13.9. The number of hydrogen-bond acceptors (Lipinski definition) is 3. The van der Waals surface area contributed by atoms with Gasteiger partial charge in [0.2, 0.25) is 0 Å². The van der Waals surface area contributed by atoms with E-state index in [1.165, 1.54) is 0 Å². The lowest BCUT2D eigenvalue weighted by atomic mass is 10.4. The maximum Gasteiger partial charge on any atom is 0.322 e. The minimum absolute atomic E-state index is 0.120. The van der Waals surface area contributed by atoms with Gasteiger partial charge in [-0.1, -0.05) is 0 Å². The third-order valence-corrected chi connectivity index (χ3v) is 1.03. The van der Waals surface area contributed by atoms with E-state index in [1.54, 1.807) is 18.3 Å². The predicted molar refractivity (Wildman–Crippen MR) is 39.2 cm³/mol. The van der Waals surface area contributed by atoms with Crippen molar-refractivity contribution in [2.75, 3.05) is 11.9 Å². The van der Waals surface area contributed by atoms with Crippen LogP contribution in [-0.2, 0) is 4.79 Å². The second-order valence-electron chi connectivity index (χ2n) is 1.89. The van der Waals surface area contributed by atoms with Crippen LogP contribution in [0.3, 0.4) is 0 Å². The average molecular weight is 151 g/mol. The quantitative estimate of drug-likeness (QED) is 0.655. The first-order chi connectivity index (χ1) is 5.29. The molecular formula is C7H7N2O2. The molecule has 1 aromatic rings. The van der Waals surface area contributed by atoms with Gasteiger partial charge < -0.3 is 10.4 Å². The van der Waals surface area contributed by atoms with Gasteiger partial charge in [-0.15, -0.1) is 0 Å². The van der Waals surface area contributed by atoms with Crippen molar-refractivity contribution in [3.63, 3.8) is 0 Å². The van der Waals surface area contributed by atoms with Gasteiger partial charge in [-0.05, 0) is 18.2 Å². The molecule has 4 nitrogen and oxygen atoms in total. The van der Waals surface area contributed by atoms with E-state index >= 15 is 0 Å². The summed E-state index contributed by atoms with van der Waals surface area (Å²) in [6.07, 6.45) is 1.55. The molecule has 4 heteroatoms. The maximum absolute atomic E-state index is 10.1. The third-order valence-electron chi connectivity index (χ3n) is 1.03. The Hall–Kier alpha value is -1.58. The van der Waals surface area contributed by atoms with E-state index in [2.05, 4.69) is 16.4 Å². The van der Waals surface area contributed by atoms with Crippen LogP contribution >= 0.6 is 0 Å². The van der Waals surface area contributed by atoms with Crippen molar-refractivity contribution < 1.29 is 9.90 Å². The van der Waals surface area contributed by atoms with Crippen LogP contribution in [0.1, 0.15) is 0 Å². The second kappa shape index (κ2) is 3.55. The molecule has 0 atom stereocenters. The molecule has 0 bridgehead atoms. The molecule has 0 saturated heterocycles. The van der Waals surface area contributed by atoms with Crippen molar-refractivity contribution >= 4 is 11.8 Å². The Morgan fingerprint density at radius 2 is 2.64 bits per heavy atom. The van der Waals surface area contributed by atoms with E-state index in [4.69, 9.17) is 5.11 Å². The lowest BCUT2D eigenvalue weighted by Gasteiger charge is -1.98. The lowest BCUT2D eigenvalue weighted by molar-refractivity contribution is -0.134. The highest BCUT2D eigenvalue weighted by Gasteiger charge is 1.95. The number of carboxylic acids is 1. The fraction of sp³-hybridized carbons (Fsp3) is 0.143. The lowest BCUT2D eigenvalue weighted by Crippen LogP contribution is -2.12. The second-order valence-corrected chi connectivity index (χ2v) is 1.89.